The van der Waals surface area contributed by atoms with E-state index in [0.717, 1.165) is 12.8 Å². The maximum absolute atomic E-state index is 12.6. The molecule has 0 radical (unpaired) electrons. The zero-order valence-corrected chi connectivity index (χ0v) is 16.2. The number of ether oxygens (including phenoxy) is 2. The van der Waals surface area contributed by atoms with Crippen molar-refractivity contribution in [2.75, 3.05) is 5.32 Å². The minimum absolute atomic E-state index is 0.0646. The van der Waals surface area contributed by atoms with Gasteiger partial charge in [0, 0.05) is 11.6 Å². The molecule has 2 aromatic carbocycles. The maximum atomic E-state index is 12.6. The SMILES string of the molecule is CCC(C)Oc1cc(NC(=O)c2ccccc2)c(OC(C)CC)cc1[N+]#N. The minimum Gasteiger partial charge on any atom is -0.488 e. The lowest BCUT2D eigenvalue weighted by molar-refractivity contribution is 0.102. The summed E-state index contributed by atoms with van der Waals surface area (Å²) >= 11 is 0. The Kier molecular flexibility index (Phi) is 7.18. The molecule has 1 amide bonds. The molecule has 6 nitrogen and oxygen atoms in total. The Morgan fingerprint density at radius 1 is 1.04 bits per heavy atom. The summed E-state index contributed by atoms with van der Waals surface area (Å²) in [5, 5.41) is 12.2. The molecule has 2 unspecified atom stereocenters. The highest BCUT2D eigenvalue weighted by atomic mass is 16.5. The number of hydrogen-bond acceptors (Lipinski definition) is 4. The molecule has 6 heteroatoms. The topological polar surface area (TPSA) is 75.7 Å². The number of carbonyl (C=O) groups is 1. The normalized spacial score (nSPS) is 12.6. The lowest BCUT2D eigenvalue weighted by atomic mass is 10.2. The van der Waals surface area contributed by atoms with Gasteiger partial charge in [0.15, 0.2) is 10.7 Å². The van der Waals surface area contributed by atoms with Gasteiger partial charge in [0.2, 0.25) is 11.1 Å². The Morgan fingerprint density at radius 3 is 2.19 bits per heavy atom. The smallest absolute Gasteiger partial charge is 0.430 e. The molecule has 2 rings (SSSR count). The number of diazo groups is 1. The fraction of sp³-hybridized carbons (Fsp3) is 0.381. The van der Waals surface area contributed by atoms with Gasteiger partial charge in [-0.05, 0) is 38.8 Å². The third-order valence-electron chi connectivity index (χ3n) is 4.26. The van der Waals surface area contributed by atoms with Gasteiger partial charge in [0.05, 0.1) is 24.0 Å². The molecule has 27 heavy (non-hydrogen) atoms. The van der Waals surface area contributed by atoms with Crippen LogP contribution in [0, 0.1) is 5.39 Å². The van der Waals surface area contributed by atoms with Crippen LogP contribution in [0.1, 0.15) is 50.9 Å². The number of nitrogens with one attached hydrogen (secondary N) is 1. The van der Waals surface area contributed by atoms with Crippen molar-refractivity contribution in [3.05, 3.63) is 53.0 Å². The van der Waals surface area contributed by atoms with E-state index < -0.39 is 0 Å². The van der Waals surface area contributed by atoms with Crippen molar-refractivity contribution in [1.29, 1.82) is 5.39 Å². The molecule has 0 spiro atoms. The van der Waals surface area contributed by atoms with E-state index in [9.17, 15) is 10.2 Å². The molecule has 0 saturated carbocycles. The second-order valence-corrected chi connectivity index (χ2v) is 6.41. The van der Waals surface area contributed by atoms with Gasteiger partial charge in [-0.2, -0.15) is 0 Å². The van der Waals surface area contributed by atoms with Crippen molar-refractivity contribution in [3.63, 3.8) is 0 Å². The number of anilines is 1. The first-order valence-corrected chi connectivity index (χ1v) is 9.21. The van der Waals surface area contributed by atoms with Gasteiger partial charge in [0.1, 0.15) is 0 Å². The van der Waals surface area contributed by atoms with Gasteiger partial charge in [-0.1, -0.05) is 32.0 Å². The van der Waals surface area contributed by atoms with Crippen LogP contribution >= 0.6 is 0 Å². The first kappa shape index (κ1) is 20.2. The summed E-state index contributed by atoms with van der Waals surface area (Å²) in [5.41, 5.74) is 1.26. The first-order chi connectivity index (χ1) is 13.0. The molecule has 1 N–H and O–H groups in total. The van der Waals surface area contributed by atoms with Crippen molar-refractivity contribution in [2.24, 2.45) is 0 Å². The van der Waals surface area contributed by atoms with Gasteiger partial charge in [-0.3, -0.25) is 4.79 Å². The Labute approximate surface area is 160 Å². The Balaban J connectivity index is 2.42. The van der Waals surface area contributed by atoms with Crippen LogP contribution in [0.25, 0.3) is 4.98 Å². The summed E-state index contributed by atoms with van der Waals surface area (Å²) in [6.07, 6.45) is 1.46. The van der Waals surface area contributed by atoms with Crippen LogP contribution in [0.4, 0.5) is 11.4 Å². The van der Waals surface area contributed by atoms with E-state index in [1.807, 2.05) is 33.8 Å². The van der Waals surface area contributed by atoms with E-state index in [2.05, 4.69) is 10.3 Å². The Hall–Kier alpha value is -3.07. The second kappa shape index (κ2) is 9.58. The molecule has 0 aliphatic heterocycles. The number of benzene rings is 2. The van der Waals surface area contributed by atoms with Crippen molar-refractivity contribution in [2.45, 2.75) is 52.7 Å². The summed E-state index contributed by atoms with van der Waals surface area (Å²) in [7, 11) is 0. The van der Waals surface area contributed by atoms with E-state index in [-0.39, 0.29) is 23.8 Å². The summed E-state index contributed by atoms with van der Waals surface area (Å²) < 4.78 is 11.8. The highest BCUT2D eigenvalue weighted by Gasteiger charge is 2.24. The molecule has 142 valence electrons. The van der Waals surface area contributed by atoms with Crippen LogP contribution in [0.2, 0.25) is 0 Å². The van der Waals surface area contributed by atoms with Crippen LogP contribution in [0.15, 0.2) is 42.5 Å². The average Bonchev–Trinajstić information content (AvgIpc) is 2.69. The quantitative estimate of drug-likeness (QED) is 0.599. The average molecular weight is 368 g/mol. The third kappa shape index (κ3) is 5.45. The summed E-state index contributed by atoms with van der Waals surface area (Å²) in [6.45, 7) is 7.86. The lowest BCUT2D eigenvalue weighted by Gasteiger charge is -2.18. The molecule has 0 saturated heterocycles. The van der Waals surface area contributed by atoms with Crippen LogP contribution in [0.3, 0.4) is 0 Å². The predicted molar refractivity (Wildman–Crippen MR) is 106 cm³/mol. The van der Waals surface area contributed by atoms with Crippen molar-refractivity contribution in [3.8, 4) is 11.5 Å². The van der Waals surface area contributed by atoms with Crippen molar-refractivity contribution >= 4 is 17.3 Å². The zero-order valence-electron chi connectivity index (χ0n) is 16.2. The number of amides is 1. The Morgan fingerprint density at radius 2 is 1.63 bits per heavy atom. The number of carbonyl (C=O) groups excluding carboxylic acids is 1. The fourth-order valence-corrected chi connectivity index (χ4v) is 2.30. The zero-order chi connectivity index (χ0) is 19.8. The highest BCUT2D eigenvalue weighted by Crippen LogP contribution is 2.40. The number of rotatable bonds is 8. The standard InChI is InChI=1S/C21H25N3O3/c1-5-14(3)26-19-13-18(24-22)20(27-15(4)6-2)12-17(19)23-21(25)16-10-8-7-9-11-16/h7-15H,5-6H2,1-4H3/p+1. The number of hydrogen-bond donors (Lipinski definition) is 1. The molecule has 0 aliphatic carbocycles. The second-order valence-electron chi connectivity index (χ2n) is 6.41. The molecular weight excluding hydrogens is 342 g/mol. The molecule has 2 atom stereocenters. The van der Waals surface area contributed by atoms with Crippen LogP contribution < -0.4 is 14.8 Å². The largest absolute Gasteiger partial charge is 0.488 e. The third-order valence-corrected chi connectivity index (χ3v) is 4.26. The van der Waals surface area contributed by atoms with E-state index >= 15 is 0 Å². The fourth-order valence-electron chi connectivity index (χ4n) is 2.30. The summed E-state index contributed by atoms with van der Waals surface area (Å²) in [4.78, 5) is 15.9. The number of nitrogens with zero attached hydrogens (tertiary/aromatic N) is 2. The van der Waals surface area contributed by atoms with Gasteiger partial charge in [-0.15, -0.1) is 0 Å². The van der Waals surface area contributed by atoms with Gasteiger partial charge < -0.3 is 14.8 Å². The van der Waals surface area contributed by atoms with Crippen LogP contribution in [0.5, 0.6) is 11.5 Å². The minimum atomic E-state index is -0.257. The predicted octanol–water partition coefficient (Wildman–Crippen LogP) is 5.78. The Bertz CT molecular complexity index is 815. The molecule has 0 aliphatic rings. The van der Waals surface area contributed by atoms with Gasteiger partial charge >= 0.3 is 5.69 Å². The monoisotopic (exact) mass is 368 g/mol. The van der Waals surface area contributed by atoms with Gasteiger partial charge in [-0.25, -0.2) is 0 Å². The van der Waals surface area contributed by atoms with E-state index in [4.69, 9.17) is 9.47 Å². The summed E-state index contributed by atoms with van der Waals surface area (Å²) in [6, 6.07) is 12.1. The van der Waals surface area contributed by atoms with Gasteiger partial charge in [0.25, 0.3) is 5.91 Å². The molecule has 0 bridgehead atoms. The van der Waals surface area contributed by atoms with E-state index in [1.54, 1.807) is 36.4 Å². The molecular formula is C21H26N3O3+. The van der Waals surface area contributed by atoms with Crippen LogP contribution in [-0.2, 0) is 0 Å². The molecule has 0 heterocycles. The van der Waals surface area contributed by atoms with E-state index in [0.29, 0.717) is 22.7 Å². The summed E-state index contributed by atoms with van der Waals surface area (Å²) in [5.74, 6) is 0.553. The van der Waals surface area contributed by atoms with Crippen molar-refractivity contribution in [1.82, 2.24) is 0 Å². The van der Waals surface area contributed by atoms with Crippen LogP contribution in [-0.4, -0.2) is 18.1 Å². The molecule has 0 fully saturated rings. The first-order valence-electron chi connectivity index (χ1n) is 9.21. The molecule has 0 aromatic heterocycles. The highest BCUT2D eigenvalue weighted by molar-refractivity contribution is 6.05. The maximum Gasteiger partial charge on any atom is 0.430 e. The lowest BCUT2D eigenvalue weighted by Crippen LogP contribution is -2.16. The van der Waals surface area contributed by atoms with E-state index in [1.165, 1.54) is 0 Å². The molecule has 2 aromatic rings. The van der Waals surface area contributed by atoms with Crippen molar-refractivity contribution < 1.29 is 14.3 Å².